The fraction of sp³-hybridized carbons (Fsp3) is 0.304. The Bertz CT molecular complexity index is 995. The summed E-state index contributed by atoms with van der Waals surface area (Å²) in [4.78, 5) is 24.5. The van der Waals surface area contributed by atoms with Crippen molar-refractivity contribution in [2.75, 3.05) is 6.54 Å². The Labute approximate surface area is 165 Å². The summed E-state index contributed by atoms with van der Waals surface area (Å²) in [5, 5.41) is 4.14. The van der Waals surface area contributed by atoms with Gasteiger partial charge in [-0.15, -0.1) is 0 Å². The molecule has 5 heteroatoms. The summed E-state index contributed by atoms with van der Waals surface area (Å²) in [5.41, 5.74) is 2.73. The third-order valence-electron chi connectivity index (χ3n) is 4.42. The molecule has 0 aliphatic rings. The number of ether oxygens (including phenoxy) is 1. The van der Waals surface area contributed by atoms with Gasteiger partial charge in [0, 0.05) is 29.9 Å². The molecule has 0 radical (unpaired) electrons. The van der Waals surface area contributed by atoms with Crippen LogP contribution < -0.4 is 5.32 Å². The van der Waals surface area contributed by atoms with Crippen LogP contribution in [0.2, 0.25) is 0 Å². The summed E-state index contributed by atoms with van der Waals surface area (Å²) in [6.07, 6.45) is 0. The Hall–Kier alpha value is -3.08. The van der Waals surface area contributed by atoms with E-state index in [2.05, 4.69) is 35.0 Å². The van der Waals surface area contributed by atoms with Gasteiger partial charge in [-0.2, -0.15) is 0 Å². The minimum absolute atomic E-state index is 0.162. The Morgan fingerprint density at radius 3 is 2.32 bits per heavy atom. The van der Waals surface area contributed by atoms with Gasteiger partial charge in [0.15, 0.2) is 0 Å². The highest BCUT2D eigenvalue weighted by Crippen LogP contribution is 2.18. The van der Waals surface area contributed by atoms with Crippen molar-refractivity contribution >= 4 is 22.8 Å². The fourth-order valence-corrected chi connectivity index (χ4v) is 3.12. The third kappa shape index (κ3) is 4.60. The third-order valence-corrected chi connectivity index (χ3v) is 4.42. The number of nitrogens with zero attached hydrogens (tertiary/aromatic N) is 1. The number of benzene rings is 2. The lowest BCUT2D eigenvalue weighted by Gasteiger charge is -2.19. The first kappa shape index (κ1) is 19.7. The van der Waals surface area contributed by atoms with Crippen LogP contribution >= 0.6 is 0 Å². The van der Waals surface area contributed by atoms with Gasteiger partial charge in [-0.05, 0) is 69.5 Å². The van der Waals surface area contributed by atoms with Gasteiger partial charge >= 0.3 is 5.97 Å². The largest absolute Gasteiger partial charge is 0.456 e. The summed E-state index contributed by atoms with van der Waals surface area (Å²) in [7, 11) is 0. The zero-order valence-electron chi connectivity index (χ0n) is 16.8. The van der Waals surface area contributed by atoms with E-state index in [1.54, 1.807) is 24.3 Å². The zero-order chi connectivity index (χ0) is 20.3. The number of hydrogen-bond donors (Lipinski definition) is 1. The van der Waals surface area contributed by atoms with Crippen LogP contribution in [0.25, 0.3) is 10.9 Å². The molecular formula is C23H26N2O3. The van der Waals surface area contributed by atoms with Crippen molar-refractivity contribution < 1.29 is 14.3 Å². The number of rotatable bonds is 5. The molecule has 0 bridgehead atoms. The van der Waals surface area contributed by atoms with E-state index in [0.29, 0.717) is 24.2 Å². The van der Waals surface area contributed by atoms with Gasteiger partial charge in [-0.25, -0.2) is 4.79 Å². The number of nitrogens with one attached hydrogen (secondary N) is 1. The first-order chi connectivity index (χ1) is 13.2. The van der Waals surface area contributed by atoms with Gasteiger partial charge in [0.25, 0.3) is 5.91 Å². The normalized spacial score (nSPS) is 11.4. The van der Waals surface area contributed by atoms with E-state index in [-0.39, 0.29) is 5.91 Å². The fourth-order valence-electron chi connectivity index (χ4n) is 3.12. The maximum atomic E-state index is 12.4. The van der Waals surface area contributed by atoms with E-state index in [1.165, 1.54) is 5.39 Å². The SMILES string of the molecule is Cc1cc2ccccc2n1CCNC(=O)c1ccc(C(=O)OC(C)(C)C)cc1. The Morgan fingerprint density at radius 1 is 1.00 bits per heavy atom. The topological polar surface area (TPSA) is 60.3 Å². The Balaban J connectivity index is 1.59. The van der Waals surface area contributed by atoms with E-state index in [9.17, 15) is 9.59 Å². The first-order valence-corrected chi connectivity index (χ1v) is 9.41. The summed E-state index contributed by atoms with van der Waals surface area (Å²) in [6, 6.07) is 16.9. The molecule has 5 nitrogen and oxygen atoms in total. The molecule has 0 fully saturated rings. The number of carbonyl (C=O) groups excluding carboxylic acids is 2. The molecule has 0 spiro atoms. The molecule has 3 rings (SSSR count). The quantitative estimate of drug-likeness (QED) is 0.672. The molecule has 0 saturated carbocycles. The molecule has 1 N–H and O–H groups in total. The molecule has 1 amide bonds. The Morgan fingerprint density at radius 2 is 1.64 bits per heavy atom. The molecule has 0 aliphatic carbocycles. The van der Waals surface area contributed by atoms with Gasteiger partial charge < -0.3 is 14.6 Å². The van der Waals surface area contributed by atoms with Gasteiger partial charge in [0.1, 0.15) is 5.60 Å². The zero-order valence-corrected chi connectivity index (χ0v) is 16.8. The average Bonchev–Trinajstić information content (AvgIpc) is 2.96. The standard InChI is InChI=1S/C23H26N2O3/c1-16-15-19-7-5-6-8-20(19)25(16)14-13-24-21(26)17-9-11-18(12-10-17)22(27)28-23(2,3)4/h5-12,15H,13-14H2,1-4H3,(H,24,26). The van der Waals surface area contributed by atoms with Crippen molar-refractivity contribution in [1.82, 2.24) is 9.88 Å². The van der Waals surface area contributed by atoms with E-state index in [0.717, 1.165) is 11.2 Å². The maximum Gasteiger partial charge on any atom is 0.338 e. The molecule has 1 aromatic heterocycles. The molecule has 1 heterocycles. The van der Waals surface area contributed by atoms with Crippen LogP contribution in [0.5, 0.6) is 0 Å². The summed E-state index contributed by atoms with van der Waals surface area (Å²) < 4.78 is 7.53. The van der Waals surface area contributed by atoms with E-state index < -0.39 is 11.6 Å². The predicted octanol–water partition coefficient (Wildman–Crippen LogP) is 4.34. The van der Waals surface area contributed by atoms with E-state index in [1.807, 2.05) is 32.9 Å². The second kappa shape index (κ2) is 7.89. The van der Waals surface area contributed by atoms with E-state index in [4.69, 9.17) is 4.74 Å². The molecule has 3 aromatic rings. The highest BCUT2D eigenvalue weighted by Gasteiger charge is 2.18. The highest BCUT2D eigenvalue weighted by molar-refractivity contribution is 5.96. The van der Waals surface area contributed by atoms with Gasteiger partial charge in [-0.1, -0.05) is 18.2 Å². The predicted molar refractivity (Wildman–Crippen MR) is 111 cm³/mol. The lowest BCUT2D eigenvalue weighted by atomic mass is 10.1. The minimum atomic E-state index is -0.548. The molecule has 0 unspecified atom stereocenters. The smallest absolute Gasteiger partial charge is 0.338 e. The van der Waals surface area contributed by atoms with Crippen LogP contribution in [0.15, 0.2) is 54.6 Å². The van der Waals surface area contributed by atoms with Crippen molar-refractivity contribution in [2.24, 2.45) is 0 Å². The minimum Gasteiger partial charge on any atom is -0.456 e. The second-order valence-electron chi connectivity index (χ2n) is 7.83. The monoisotopic (exact) mass is 378 g/mol. The maximum absolute atomic E-state index is 12.4. The number of fused-ring (bicyclic) bond motifs is 1. The van der Waals surface area contributed by atoms with Crippen LogP contribution in [0, 0.1) is 6.92 Å². The molecule has 2 aromatic carbocycles. The molecular weight excluding hydrogens is 352 g/mol. The van der Waals surface area contributed by atoms with Crippen molar-refractivity contribution in [3.05, 3.63) is 71.4 Å². The van der Waals surface area contributed by atoms with Crippen molar-refractivity contribution in [1.29, 1.82) is 0 Å². The number of hydrogen-bond acceptors (Lipinski definition) is 3. The lowest BCUT2D eigenvalue weighted by molar-refractivity contribution is 0.00693. The van der Waals surface area contributed by atoms with Crippen LogP contribution in [-0.4, -0.2) is 28.6 Å². The number of aromatic nitrogens is 1. The lowest BCUT2D eigenvalue weighted by Crippen LogP contribution is -2.27. The number of amides is 1. The Kier molecular flexibility index (Phi) is 5.54. The van der Waals surface area contributed by atoms with Gasteiger partial charge in [-0.3, -0.25) is 4.79 Å². The van der Waals surface area contributed by atoms with Crippen molar-refractivity contribution in [2.45, 2.75) is 39.8 Å². The highest BCUT2D eigenvalue weighted by atomic mass is 16.6. The number of para-hydroxylation sites is 1. The summed E-state index contributed by atoms with van der Waals surface area (Å²) in [5.74, 6) is -0.556. The van der Waals surface area contributed by atoms with Gasteiger partial charge in [0.2, 0.25) is 0 Å². The summed E-state index contributed by atoms with van der Waals surface area (Å²) in [6.45, 7) is 8.75. The van der Waals surface area contributed by atoms with Crippen molar-refractivity contribution in [3.8, 4) is 0 Å². The first-order valence-electron chi connectivity index (χ1n) is 9.41. The second-order valence-corrected chi connectivity index (χ2v) is 7.83. The number of esters is 1. The molecule has 28 heavy (non-hydrogen) atoms. The van der Waals surface area contributed by atoms with Gasteiger partial charge in [0.05, 0.1) is 5.56 Å². The van der Waals surface area contributed by atoms with Crippen molar-refractivity contribution in [3.63, 3.8) is 0 Å². The number of carbonyl (C=O) groups is 2. The van der Waals surface area contributed by atoms with Crippen LogP contribution in [-0.2, 0) is 11.3 Å². The molecule has 146 valence electrons. The van der Waals surface area contributed by atoms with Crippen LogP contribution in [0.1, 0.15) is 47.2 Å². The summed E-state index contributed by atoms with van der Waals surface area (Å²) >= 11 is 0. The molecule has 0 saturated heterocycles. The molecule has 0 aliphatic heterocycles. The number of aryl methyl sites for hydroxylation is 1. The average molecular weight is 378 g/mol. The molecule has 0 atom stereocenters. The van der Waals surface area contributed by atoms with Crippen LogP contribution in [0.4, 0.5) is 0 Å². The van der Waals surface area contributed by atoms with E-state index >= 15 is 0 Å². The van der Waals surface area contributed by atoms with Crippen LogP contribution in [0.3, 0.4) is 0 Å².